The first-order valence-corrected chi connectivity index (χ1v) is 13.0. The highest BCUT2D eigenvalue weighted by Gasteiger charge is 2.70. The molecule has 0 radical (unpaired) electrons. The number of imidazole rings is 1. The second-order valence-corrected chi connectivity index (χ2v) is 10.5. The van der Waals surface area contributed by atoms with Crippen LogP contribution in [0.5, 0.6) is 0 Å². The highest BCUT2D eigenvalue weighted by atomic mass is 32.2. The molecule has 1 aliphatic carbocycles. The van der Waals surface area contributed by atoms with Gasteiger partial charge in [0.05, 0.1) is 24.3 Å². The van der Waals surface area contributed by atoms with Crippen molar-refractivity contribution < 1.29 is 9.53 Å². The molecule has 36 heavy (non-hydrogen) atoms. The number of methoxy groups -OCH3 is 1. The van der Waals surface area contributed by atoms with Crippen LogP contribution < -0.4 is 4.48 Å². The molecule has 2 unspecified atom stereocenters. The first kappa shape index (κ1) is 22.8. The van der Waals surface area contributed by atoms with Crippen molar-refractivity contribution in [2.24, 2.45) is 0 Å². The zero-order valence-electron chi connectivity index (χ0n) is 20.6. The fourth-order valence-electron chi connectivity index (χ4n) is 6.05. The Labute approximate surface area is 215 Å². The van der Waals surface area contributed by atoms with Crippen molar-refractivity contribution >= 4 is 29.5 Å². The van der Waals surface area contributed by atoms with Crippen LogP contribution in [0.2, 0.25) is 0 Å². The van der Waals surface area contributed by atoms with Gasteiger partial charge in [-0.3, -0.25) is 0 Å². The first-order valence-electron chi connectivity index (χ1n) is 12.1. The Kier molecular flexibility index (Phi) is 5.39. The van der Waals surface area contributed by atoms with Gasteiger partial charge in [-0.15, -0.1) is 4.48 Å². The summed E-state index contributed by atoms with van der Waals surface area (Å²) in [5, 5.41) is 1.07. The van der Waals surface area contributed by atoms with E-state index in [9.17, 15) is 4.79 Å². The van der Waals surface area contributed by atoms with E-state index >= 15 is 0 Å². The standard InChI is InChI=1S/C30H28N3O2S/c1-21-12-10-18-30-19-11-13-22(2)33(30,29(34)35-3)28-31-20-25(32(28)27(21)30)36-26(23-14-6-4-7-15-23)24-16-8-5-9-17-24/h4-17,19-20,26H,18H2,1-3H3/q+1. The van der Waals surface area contributed by atoms with E-state index in [1.165, 1.54) is 18.2 Å². The topological polar surface area (TPSA) is 44.1 Å². The van der Waals surface area contributed by atoms with Crippen LogP contribution in [0.1, 0.15) is 36.6 Å². The molecular weight excluding hydrogens is 466 g/mol. The lowest BCUT2D eigenvalue weighted by Crippen LogP contribution is -2.66. The molecule has 180 valence electrons. The zero-order chi connectivity index (χ0) is 24.9. The summed E-state index contributed by atoms with van der Waals surface area (Å²) in [6, 6.07) is 21.1. The van der Waals surface area contributed by atoms with Gasteiger partial charge in [0.25, 0.3) is 0 Å². The summed E-state index contributed by atoms with van der Waals surface area (Å²) in [6.07, 6.45) is 12.8. The third-order valence-corrected chi connectivity index (χ3v) is 8.85. The summed E-state index contributed by atoms with van der Waals surface area (Å²) in [4.78, 5) is 18.7. The summed E-state index contributed by atoms with van der Waals surface area (Å²) < 4.78 is 7.63. The fraction of sp³-hybridized carbons (Fsp3) is 0.200. The molecule has 0 saturated carbocycles. The lowest BCUT2D eigenvalue weighted by atomic mass is 9.80. The lowest BCUT2D eigenvalue weighted by molar-refractivity contribution is 0.118. The molecule has 2 aromatic carbocycles. The number of fused-ring (bicyclic) bond motifs is 3. The molecule has 3 heterocycles. The van der Waals surface area contributed by atoms with Crippen molar-refractivity contribution in [1.29, 1.82) is 0 Å². The number of hydrogen-bond donors (Lipinski definition) is 0. The summed E-state index contributed by atoms with van der Waals surface area (Å²) in [7, 11) is 1.46. The maximum atomic E-state index is 13.7. The number of carbonyl (C=O) groups is 1. The van der Waals surface area contributed by atoms with Gasteiger partial charge in [-0.05, 0) is 35.8 Å². The van der Waals surface area contributed by atoms with Crippen molar-refractivity contribution in [2.75, 3.05) is 7.11 Å². The third kappa shape index (κ3) is 2.95. The SMILES string of the molecule is COC(=O)[N+]12C(C)=CC=CC13CC=CC(C)=C3n1c(SC(c3ccccc3)c3ccccc3)cnc12. The number of rotatable bonds is 4. The van der Waals surface area contributed by atoms with E-state index in [0.29, 0.717) is 12.4 Å². The molecule has 0 fully saturated rings. The van der Waals surface area contributed by atoms with Gasteiger partial charge in [0.1, 0.15) is 10.7 Å². The average molecular weight is 495 g/mol. The Bertz CT molecular complexity index is 1430. The van der Waals surface area contributed by atoms with Gasteiger partial charge in [-0.1, -0.05) is 90.7 Å². The van der Waals surface area contributed by atoms with Crippen LogP contribution in [0.25, 0.3) is 5.70 Å². The fourth-order valence-corrected chi connectivity index (χ4v) is 7.27. The molecule has 1 amide bonds. The molecular formula is C30H28N3O2S+. The number of amides is 1. The molecule has 6 heteroatoms. The van der Waals surface area contributed by atoms with Crippen LogP contribution in [0, 0.1) is 0 Å². The van der Waals surface area contributed by atoms with Gasteiger partial charge in [-0.25, -0.2) is 4.57 Å². The maximum Gasteiger partial charge on any atom is 0.529 e. The van der Waals surface area contributed by atoms with Gasteiger partial charge < -0.3 is 4.74 Å². The number of benzene rings is 2. The number of allylic oxidation sites excluding steroid dienone is 5. The van der Waals surface area contributed by atoms with Gasteiger partial charge in [0, 0.05) is 13.3 Å². The number of hydrogen-bond acceptors (Lipinski definition) is 4. The van der Waals surface area contributed by atoms with Crippen LogP contribution >= 0.6 is 11.8 Å². The molecule has 3 aliphatic rings. The smallest absolute Gasteiger partial charge is 0.423 e. The second kappa shape index (κ2) is 8.50. The zero-order valence-corrected chi connectivity index (χ0v) is 21.4. The van der Waals surface area contributed by atoms with Crippen LogP contribution in [0.3, 0.4) is 0 Å². The normalized spacial score (nSPS) is 23.8. The van der Waals surface area contributed by atoms with Crippen molar-refractivity contribution in [3.05, 3.63) is 120 Å². The molecule has 0 bridgehead atoms. The summed E-state index contributed by atoms with van der Waals surface area (Å²) in [6.45, 7) is 4.12. The average Bonchev–Trinajstić information content (AvgIpc) is 3.43. The maximum absolute atomic E-state index is 13.7. The van der Waals surface area contributed by atoms with E-state index in [0.717, 1.165) is 22.0 Å². The Morgan fingerprint density at radius 3 is 2.39 bits per heavy atom. The van der Waals surface area contributed by atoms with Crippen molar-refractivity contribution in [3.8, 4) is 0 Å². The van der Waals surface area contributed by atoms with Crippen molar-refractivity contribution in [3.63, 3.8) is 0 Å². The molecule has 1 spiro atoms. The van der Waals surface area contributed by atoms with Gasteiger partial charge in [-0.2, -0.15) is 9.78 Å². The van der Waals surface area contributed by atoms with Crippen LogP contribution in [0.15, 0.2) is 114 Å². The summed E-state index contributed by atoms with van der Waals surface area (Å²) in [5.41, 5.74) is 4.93. The van der Waals surface area contributed by atoms with Gasteiger partial charge >= 0.3 is 12.0 Å². The molecule has 3 aromatic rings. The Morgan fingerprint density at radius 1 is 1.08 bits per heavy atom. The van der Waals surface area contributed by atoms with Gasteiger partial charge in [0.15, 0.2) is 5.54 Å². The van der Waals surface area contributed by atoms with E-state index in [4.69, 9.17) is 9.72 Å². The Hall–Kier alpha value is -3.61. The van der Waals surface area contributed by atoms with Crippen molar-refractivity contribution in [2.45, 2.75) is 36.1 Å². The number of aromatic nitrogens is 2. The summed E-state index contributed by atoms with van der Waals surface area (Å²) in [5.74, 6) is 0.681. The van der Waals surface area contributed by atoms with E-state index in [1.807, 2.05) is 31.3 Å². The van der Waals surface area contributed by atoms with Gasteiger partial charge in [0.2, 0.25) is 0 Å². The minimum absolute atomic E-state index is 0.0700. The number of thioether (sulfide) groups is 1. The lowest BCUT2D eigenvalue weighted by Gasteiger charge is -2.43. The highest BCUT2D eigenvalue weighted by Crippen LogP contribution is 2.59. The number of ether oxygens (including phenoxy) is 1. The largest absolute Gasteiger partial charge is 0.529 e. The number of carbonyl (C=O) groups excluding carboxylic acids is 1. The molecule has 5 nitrogen and oxygen atoms in total. The first-order chi connectivity index (χ1) is 17.5. The molecule has 1 aromatic heterocycles. The molecule has 2 atom stereocenters. The van der Waals surface area contributed by atoms with E-state index < -0.39 is 5.54 Å². The molecule has 2 aliphatic heterocycles. The van der Waals surface area contributed by atoms with E-state index in [1.54, 1.807) is 11.8 Å². The van der Waals surface area contributed by atoms with Crippen LogP contribution in [0.4, 0.5) is 10.7 Å². The number of quaternary nitrogens is 1. The second-order valence-electron chi connectivity index (χ2n) is 9.42. The predicted octanol–water partition coefficient (Wildman–Crippen LogP) is 7.26. The minimum atomic E-state index is -0.626. The minimum Gasteiger partial charge on any atom is -0.423 e. The van der Waals surface area contributed by atoms with Crippen LogP contribution in [-0.2, 0) is 4.74 Å². The molecule has 6 rings (SSSR count). The summed E-state index contributed by atoms with van der Waals surface area (Å²) >= 11 is 1.76. The van der Waals surface area contributed by atoms with Crippen molar-refractivity contribution in [1.82, 2.24) is 14.0 Å². The Morgan fingerprint density at radius 2 is 1.75 bits per heavy atom. The monoisotopic (exact) mass is 494 g/mol. The highest BCUT2D eigenvalue weighted by molar-refractivity contribution is 7.99. The van der Waals surface area contributed by atoms with E-state index in [2.05, 4.69) is 84.3 Å². The predicted molar refractivity (Wildman–Crippen MR) is 145 cm³/mol. The molecule has 0 N–H and O–H groups in total. The number of nitrogens with zero attached hydrogens (tertiary/aromatic N) is 3. The van der Waals surface area contributed by atoms with Crippen LogP contribution in [-0.4, -0.2) is 28.3 Å². The Balaban J connectivity index is 1.58. The molecule has 0 saturated heterocycles. The van der Waals surface area contributed by atoms with E-state index in [-0.39, 0.29) is 15.8 Å². The quantitative estimate of drug-likeness (QED) is 0.283. The third-order valence-electron chi connectivity index (χ3n) is 7.54.